The van der Waals surface area contributed by atoms with Crippen LogP contribution in [-0.4, -0.2) is 50.1 Å². The highest BCUT2D eigenvalue weighted by Crippen LogP contribution is 2.32. The lowest BCUT2D eigenvalue weighted by molar-refractivity contribution is -0.385. The minimum atomic E-state index is -4.26. The van der Waals surface area contributed by atoms with E-state index in [-0.39, 0.29) is 10.6 Å². The first kappa shape index (κ1) is 25.2. The Morgan fingerprint density at radius 3 is 2.49 bits per heavy atom. The number of hydrogen-bond acceptors (Lipinski definition) is 10. The first-order valence-electron chi connectivity index (χ1n) is 10.6. The summed E-state index contributed by atoms with van der Waals surface area (Å²) >= 11 is 0. The van der Waals surface area contributed by atoms with Crippen molar-refractivity contribution in [1.82, 2.24) is 0 Å². The smallest absolute Gasteiger partial charge is 0.342 e. The Morgan fingerprint density at radius 2 is 1.73 bits per heavy atom. The molecule has 0 spiro atoms. The molecule has 14 heteroatoms. The molecule has 4 rings (SSSR count). The van der Waals surface area contributed by atoms with Gasteiger partial charge in [-0.05, 0) is 36.4 Å². The van der Waals surface area contributed by atoms with Gasteiger partial charge in [-0.25, -0.2) is 13.2 Å². The van der Waals surface area contributed by atoms with Gasteiger partial charge in [-0.15, -0.1) is 0 Å². The number of ether oxygens (including phenoxy) is 3. The van der Waals surface area contributed by atoms with Crippen molar-refractivity contribution in [1.29, 1.82) is 0 Å². The van der Waals surface area contributed by atoms with E-state index >= 15 is 0 Å². The summed E-state index contributed by atoms with van der Waals surface area (Å²) in [7, 11) is -4.26. The number of hydrogen-bond donors (Lipinski definition) is 3. The number of fused-ring (bicyclic) bond motifs is 1. The third-order valence-corrected chi connectivity index (χ3v) is 6.35. The van der Waals surface area contributed by atoms with Gasteiger partial charge in [0.25, 0.3) is 21.6 Å². The van der Waals surface area contributed by atoms with Crippen LogP contribution in [0.3, 0.4) is 0 Å². The highest BCUT2D eigenvalue weighted by molar-refractivity contribution is 7.92. The topological polar surface area (TPSA) is 183 Å². The van der Waals surface area contributed by atoms with Gasteiger partial charge in [0, 0.05) is 29.6 Å². The lowest BCUT2D eigenvalue weighted by Gasteiger charge is -2.19. The Labute approximate surface area is 209 Å². The molecular formula is C23H19N3O10S. The van der Waals surface area contributed by atoms with Crippen LogP contribution in [0.2, 0.25) is 0 Å². The molecule has 0 aromatic heterocycles. The van der Waals surface area contributed by atoms with E-state index in [0.29, 0.717) is 30.4 Å². The monoisotopic (exact) mass is 529 g/mol. The molecule has 1 aliphatic heterocycles. The van der Waals surface area contributed by atoms with Crippen LogP contribution in [0.4, 0.5) is 17.1 Å². The maximum Gasteiger partial charge on any atom is 0.342 e. The van der Waals surface area contributed by atoms with Crippen LogP contribution in [0.15, 0.2) is 65.6 Å². The molecule has 192 valence electrons. The number of nitro benzene ring substituents is 1. The van der Waals surface area contributed by atoms with Crippen molar-refractivity contribution < 1.29 is 42.2 Å². The summed E-state index contributed by atoms with van der Waals surface area (Å²) < 4.78 is 43.2. The molecule has 3 N–H and O–H groups in total. The Hall–Kier alpha value is -4.85. The average Bonchev–Trinajstić information content (AvgIpc) is 2.88. The molecule has 0 atom stereocenters. The zero-order valence-corrected chi connectivity index (χ0v) is 19.7. The number of carbonyl (C=O) groups excluding carboxylic acids is 2. The number of anilines is 2. The summed E-state index contributed by atoms with van der Waals surface area (Å²) in [6, 6.07) is 12.4. The van der Waals surface area contributed by atoms with E-state index in [1.165, 1.54) is 12.1 Å². The number of rotatable bonds is 8. The van der Waals surface area contributed by atoms with Gasteiger partial charge in [0.15, 0.2) is 18.1 Å². The predicted molar refractivity (Wildman–Crippen MR) is 128 cm³/mol. The molecular weight excluding hydrogens is 510 g/mol. The van der Waals surface area contributed by atoms with E-state index < -0.39 is 50.4 Å². The van der Waals surface area contributed by atoms with Crippen molar-refractivity contribution in [2.75, 3.05) is 29.9 Å². The average molecular weight is 529 g/mol. The first-order chi connectivity index (χ1) is 17.6. The van der Waals surface area contributed by atoms with Crippen molar-refractivity contribution in [3.8, 4) is 17.2 Å². The Bertz CT molecular complexity index is 1490. The highest BCUT2D eigenvalue weighted by atomic mass is 32.2. The number of aromatic hydroxyl groups is 1. The number of phenolic OH excluding ortho intramolecular Hbond substituents is 1. The number of phenols is 1. The second-order valence-corrected chi connectivity index (χ2v) is 9.26. The molecule has 0 aliphatic carbocycles. The Morgan fingerprint density at radius 1 is 1.00 bits per heavy atom. The highest BCUT2D eigenvalue weighted by Gasteiger charge is 2.21. The van der Waals surface area contributed by atoms with Gasteiger partial charge in [-0.1, -0.05) is 6.07 Å². The number of nitro groups is 1. The van der Waals surface area contributed by atoms with Crippen LogP contribution in [0.5, 0.6) is 17.2 Å². The van der Waals surface area contributed by atoms with Gasteiger partial charge in [-0.3, -0.25) is 19.6 Å². The van der Waals surface area contributed by atoms with Gasteiger partial charge in [-0.2, -0.15) is 0 Å². The van der Waals surface area contributed by atoms with E-state index in [0.717, 1.165) is 30.3 Å². The van der Waals surface area contributed by atoms with Gasteiger partial charge in [0.1, 0.15) is 24.5 Å². The quantitative estimate of drug-likeness (QED) is 0.170. The molecule has 0 radical (unpaired) electrons. The molecule has 0 unspecified atom stereocenters. The standard InChI is InChI=1S/C23H19N3O10S/c27-19-6-4-15(25-37(32,33)17-3-1-2-16(12-17)26(30)31)10-18(19)23(29)36-13-22(28)24-14-5-7-20-21(11-14)35-9-8-34-20/h1-7,10-12,25,27H,8-9,13H2,(H,24,28). The van der Waals surface area contributed by atoms with E-state index in [9.17, 15) is 33.2 Å². The number of nitrogens with zero attached hydrogens (tertiary/aromatic N) is 1. The summed E-state index contributed by atoms with van der Waals surface area (Å²) in [6.45, 7) is 0.0846. The fourth-order valence-electron chi connectivity index (χ4n) is 3.27. The lowest BCUT2D eigenvalue weighted by atomic mass is 10.2. The van der Waals surface area contributed by atoms with Gasteiger partial charge >= 0.3 is 5.97 Å². The zero-order valence-electron chi connectivity index (χ0n) is 18.9. The minimum absolute atomic E-state index is 0.128. The van der Waals surface area contributed by atoms with Crippen molar-refractivity contribution in [3.63, 3.8) is 0 Å². The molecule has 1 amide bonds. The molecule has 0 bridgehead atoms. The fourth-order valence-corrected chi connectivity index (χ4v) is 4.36. The van der Waals surface area contributed by atoms with E-state index in [2.05, 4.69) is 10.0 Å². The van der Waals surface area contributed by atoms with Gasteiger partial charge < -0.3 is 24.6 Å². The van der Waals surface area contributed by atoms with Crippen LogP contribution >= 0.6 is 0 Å². The molecule has 3 aromatic rings. The number of sulfonamides is 1. The maximum atomic E-state index is 12.6. The molecule has 3 aromatic carbocycles. The van der Waals surface area contributed by atoms with Crippen LogP contribution < -0.4 is 19.5 Å². The van der Waals surface area contributed by atoms with E-state index in [4.69, 9.17) is 14.2 Å². The molecule has 0 saturated heterocycles. The number of amides is 1. The van der Waals surface area contributed by atoms with E-state index in [1.807, 2.05) is 0 Å². The lowest BCUT2D eigenvalue weighted by Crippen LogP contribution is -2.21. The molecule has 1 aliphatic rings. The Balaban J connectivity index is 1.40. The fraction of sp³-hybridized carbons (Fsp3) is 0.130. The number of esters is 1. The molecule has 37 heavy (non-hydrogen) atoms. The Kier molecular flexibility index (Phi) is 7.11. The van der Waals surface area contributed by atoms with Crippen molar-refractivity contribution in [2.45, 2.75) is 4.90 Å². The number of benzene rings is 3. The van der Waals surface area contributed by atoms with Crippen LogP contribution in [0.1, 0.15) is 10.4 Å². The van der Waals surface area contributed by atoms with Gasteiger partial charge in [0.05, 0.1) is 9.82 Å². The SMILES string of the molecule is O=C(COC(=O)c1cc(NS(=O)(=O)c2cccc([N+](=O)[O-])c2)ccc1O)Nc1ccc2c(c1)OCCO2. The number of nitrogens with one attached hydrogen (secondary N) is 2. The summed E-state index contributed by atoms with van der Waals surface area (Å²) in [5, 5.41) is 23.5. The van der Waals surface area contributed by atoms with Crippen molar-refractivity contribution in [3.05, 3.63) is 76.3 Å². The summed E-state index contributed by atoms with van der Waals surface area (Å²) in [5.74, 6) is -1.30. The first-order valence-corrected chi connectivity index (χ1v) is 12.1. The minimum Gasteiger partial charge on any atom is -0.507 e. The summed E-state index contributed by atoms with van der Waals surface area (Å²) in [4.78, 5) is 34.5. The third kappa shape index (κ3) is 6.05. The molecule has 13 nitrogen and oxygen atoms in total. The summed E-state index contributed by atoms with van der Waals surface area (Å²) in [5.41, 5.74) is -0.582. The number of non-ortho nitro benzene ring substituents is 1. The zero-order chi connectivity index (χ0) is 26.6. The third-order valence-electron chi connectivity index (χ3n) is 4.97. The normalized spacial score (nSPS) is 12.3. The second kappa shape index (κ2) is 10.4. The van der Waals surface area contributed by atoms with Crippen LogP contribution in [0, 0.1) is 10.1 Å². The maximum absolute atomic E-state index is 12.6. The largest absolute Gasteiger partial charge is 0.507 e. The van der Waals surface area contributed by atoms with Crippen LogP contribution in [0.25, 0.3) is 0 Å². The second-order valence-electron chi connectivity index (χ2n) is 7.57. The molecule has 0 fully saturated rings. The van der Waals surface area contributed by atoms with Crippen molar-refractivity contribution in [2.24, 2.45) is 0 Å². The number of carbonyl (C=O) groups is 2. The summed E-state index contributed by atoms with van der Waals surface area (Å²) in [6.07, 6.45) is 0. The molecule has 0 saturated carbocycles. The molecule has 1 heterocycles. The predicted octanol–water partition coefficient (Wildman–Crippen LogP) is 2.67. The van der Waals surface area contributed by atoms with Crippen molar-refractivity contribution >= 4 is 39.0 Å². The van der Waals surface area contributed by atoms with Gasteiger partial charge in [0.2, 0.25) is 0 Å². The van der Waals surface area contributed by atoms with E-state index in [1.54, 1.807) is 18.2 Å². The van der Waals surface area contributed by atoms with Crippen LogP contribution in [-0.2, 0) is 19.6 Å².